The molecule has 1 N–H and O–H groups in total. The summed E-state index contributed by atoms with van der Waals surface area (Å²) < 4.78 is 38.5. The normalized spacial score (nSPS) is 14.0. The summed E-state index contributed by atoms with van der Waals surface area (Å²) in [5, 5.41) is 2.91. The third-order valence-corrected chi connectivity index (χ3v) is 7.67. The van der Waals surface area contributed by atoms with E-state index in [1.54, 1.807) is 25.1 Å². The Morgan fingerprint density at radius 3 is 2.24 bits per heavy atom. The Morgan fingerprint density at radius 2 is 1.65 bits per heavy atom. The molecular weight excluding hydrogens is 494 g/mol. The Hall–Kier alpha value is -3.27. The van der Waals surface area contributed by atoms with Gasteiger partial charge in [0.05, 0.1) is 11.4 Å². The van der Waals surface area contributed by atoms with Crippen LogP contribution in [0.5, 0.6) is 11.5 Å². The third-order valence-electron chi connectivity index (χ3n) is 5.93. The molecule has 10 heteroatoms. The maximum atomic E-state index is 13.7. The summed E-state index contributed by atoms with van der Waals surface area (Å²) in [5.41, 5.74) is 1.70. The van der Waals surface area contributed by atoms with Gasteiger partial charge in [0.1, 0.15) is 25.8 Å². The van der Waals surface area contributed by atoms with Gasteiger partial charge in [0, 0.05) is 18.2 Å². The summed E-state index contributed by atoms with van der Waals surface area (Å²) in [6.45, 7) is 11.2. The van der Waals surface area contributed by atoms with E-state index in [0.717, 1.165) is 15.4 Å². The number of aryl methyl sites for hydroxylation is 1. The molecule has 0 bridgehead atoms. The lowest BCUT2D eigenvalue weighted by molar-refractivity contribution is -0.140. The molecule has 1 heterocycles. The van der Waals surface area contributed by atoms with Crippen LogP contribution in [0.1, 0.15) is 45.7 Å². The van der Waals surface area contributed by atoms with Gasteiger partial charge in [0.25, 0.3) is 0 Å². The van der Waals surface area contributed by atoms with Gasteiger partial charge in [-0.15, -0.1) is 0 Å². The minimum Gasteiger partial charge on any atom is -0.486 e. The number of hydrogen-bond acceptors (Lipinski definition) is 6. The number of benzene rings is 2. The number of carbonyl (C=O) groups is 2. The van der Waals surface area contributed by atoms with Crippen molar-refractivity contribution in [1.82, 2.24) is 10.2 Å². The molecule has 2 aromatic carbocycles. The Morgan fingerprint density at radius 1 is 1.03 bits per heavy atom. The van der Waals surface area contributed by atoms with Crippen LogP contribution in [0.2, 0.25) is 0 Å². The summed E-state index contributed by atoms with van der Waals surface area (Å²) in [6, 6.07) is 11.6. The van der Waals surface area contributed by atoms with Crippen molar-refractivity contribution in [2.24, 2.45) is 0 Å². The molecule has 202 valence electrons. The highest BCUT2D eigenvalue weighted by atomic mass is 32.2. The number of carbonyl (C=O) groups excluding carboxylic acids is 2. The zero-order valence-corrected chi connectivity index (χ0v) is 23.2. The first-order valence-corrected chi connectivity index (χ1v) is 14.0. The summed E-state index contributed by atoms with van der Waals surface area (Å²) in [4.78, 5) is 28.2. The van der Waals surface area contributed by atoms with Crippen LogP contribution in [0, 0.1) is 6.92 Å². The number of fused-ring (bicyclic) bond motifs is 1. The Balaban J connectivity index is 1.95. The molecule has 1 aliphatic rings. The van der Waals surface area contributed by atoms with E-state index in [4.69, 9.17) is 9.47 Å². The van der Waals surface area contributed by atoms with Gasteiger partial charge in [-0.3, -0.25) is 13.9 Å². The number of ether oxygens (including phenoxy) is 2. The molecule has 0 aromatic heterocycles. The van der Waals surface area contributed by atoms with Crippen LogP contribution in [-0.2, 0) is 26.2 Å². The highest BCUT2D eigenvalue weighted by molar-refractivity contribution is 7.92. The van der Waals surface area contributed by atoms with Gasteiger partial charge in [-0.25, -0.2) is 8.42 Å². The average Bonchev–Trinajstić information content (AvgIpc) is 2.85. The van der Waals surface area contributed by atoms with Crippen molar-refractivity contribution in [3.63, 3.8) is 0 Å². The third kappa shape index (κ3) is 7.38. The van der Waals surface area contributed by atoms with Crippen molar-refractivity contribution in [2.45, 2.75) is 59.7 Å². The zero-order chi connectivity index (χ0) is 27.4. The van der Waals surface area contributed by atoms with Gasteiger partial charge >= 0.3 is 0 Å². The van der Waals surface area contributed by atoms with Gasteiger partial charge in [-0.05, 0) is 59.2 Å². The second kappa shape index (κ2) is 11.4. The van der Waals surface area contributed by atoms with E-state index < -0.39 is 34.1 Å². The van der Waals surface area contributed by atoms with E-state index in [1.807, 2.05) is 52.0 Å². The highest BCUT2D eigenvalue weighted by Gasteiger charge is 2.32. The lowest BCUT2D eigenvalue weighted by Crippen LogP contribution is -2.54. The lowest BCUT2D eigenvalue weighted by atomic mass is 10.1. The first-order valence-electron chi connectivity index (χ1n) is 12.4. The molecule has 0 fully saturated rings. The molecule has 2 amide bonds. The molecule has 9 nitrogen and oxygen atoms in total. The number of nitrogens with zero attached hydrogens (tertiary/aromatic N) is 2. The second-order valence-corrected chi connectivity index (χ2v) is 12.3. The number of amides is 2. The van der Waals surface area contributed by atoms with Crippen LogP contribution in [0.25, 0.3) is 0 Å². The predicted molar refractivity (Wildman–Crippen MR) is 143 cm³/mol. The maximum Gasteiger partial charge on any atom is 0.244 e. The van der Waals surface area contributed by atoms with Crippen molar-refractivity contribution >= 4 is 27.5 Å². The molecule has 1 unspecified atom stereocenters. The summed E-state index contributed by atoms with van der Waals surface area (Å²) in [7, 11) is -3.83. The van der Waals surface area contributed by atoms with Crippen molar-refractivity contribution < 1.29 is 27.5 Å². The van der Waals surface area contributed by atoms with Crippen LogP contribution in [0.15, 0.2) is 42.5 Å². The monoisotopic (exact) mass is 531 g/mol. The number of nitrogens with one attached hydrogen (secondary N) is 1. The average molecular weight is 532 g/mol. The minimum atomic E-state index is -3.83. The van der Waals surface area contributed by atoms with Crippen LogP contribution in [0.4, 0.5) is 5.69 Å². The molecule has 0 aliphatic carbocycles. The Kier molecular flexibility index (Phi) is 8.73. The highest BCUT2D eigenvalue weighted by Crippen LogP contribution is 2.35. The van der Waals surface area contributed by atoms with Crippen LogP contribution in [0.3, 0.4) is 0 Å². The molecule has 0 saturated carbocycles. The summed E-state index contributed by atoms with van der Waals surface area (Å²) in [6.07, 6.45) is 0. The number of sulfonamides is 1. The fraction of sp³-hybridized carbons (Fsp3) is 0.481. The van der Waals surface area contributed by atoms with Crippen molar-refractivity contribution in [2.75, 3.05) is 29.8 Å². The minimum absolute atomic E-state index is 0.152. The first-order chi connectivity index (χ1) is 17.3. The van der Waals surface area contributed by atoms with E-state index in [2.05, 4.69) is 5.32 Å². The summed E-state index contributed by atoms with van der Waals surface area (Å²) in [5.74, 6) is -0.0842. The van der Waals surface area contributed by atoms with Gasteiger partial charge in [0.2, 0.25) is 21.8 Å². The topological polar surface area (TPSA) is 105 Å². The Labute approximate surface area is 219 Å². The molecule has 1 atom stereocenters. The van der Waals surface area contributed by atoms with E-state index in [9.17, 15) is 18.0 Å². The van der Waals surface area contributed by atoms with E-state index in [0.29, 0.717) is 30.4 Å². The van der Waals surface area contributed by atoms with E-state index in [1.165, 1.54) is 11.8 Å². The molecule has 0 spiro atoms. The molecule has 3 rings (SSSR count). The standard InChI is InChI=1S/C27H37N3O6S/c1-7-37(33,34)30(22-12-13-23-24(16-22)36-15-14-35-23)18-25(31)29(17-21-10-8-19(2)9-11-21)20(3)26(32)28-27(4,5)6/h8-13,16,20H,7,14-15,17-18H2,1-6H3,(H,28,32). The largest absolute Gasteiger partial charge is 0.486 e. The van der Waals surface area contributed by atoms with Gasteiger partial charge in [-0.1, -0.05) is 29.8 Å². The molecular formula is C27H37N3O6S. The van der Waals surface area contributed by atoms with Crippen LogP contribution in [-0.4, -0.2) is 62.2 Å². The predicted octanol–water partition coefficient (Wildman–Crippen LogP) is 3.25. The molecule has 0 saturated heterocycles. The van der Waals surface area contributed by atoms with E-state index >= 15 is 0 Å². The van der Waals surface area contributed by atoms with Crippen molar-refractivity contribution in [1.29, 1.82) is 0 Å². The number of anilines is 1. The first kappa shape index (κ1) is 28.3. The molecule has 37 heavy (non-hydrogen) atoms. The van der Waals surface area contributed by atoms with E-state index in [-0.39, 0.29) is 18.2 Å². The Bertz CT molecular complexity index is 1220. The quantitative estimate of drug-likeness (QED) is 0.533. The van der Waals surface area contributed by atoms with Crippen molar-refractivity contribution in [3.05, 3.63) is 53.6 Å². The smallest absolute Gasteiger partial charge is 0.244 e. The van der Waals surface area contributed by atoms with Gasteiger partial charge in [0.15, 0.2) is 11.5 Å². The van der Waals surface area contributed by atoms with Gasteiger partial charge in [-0.2, -0.15) is 0 Å². The number of rotatable bonds is 9. The SMILES string of the molecule is CCS(=O)(=O)N(CC(=O)N(Cc1ccc(C)cc1)C(C)C(=O)NC(C)(C)C)c1ccc2c(c1)OCCO2. The van der Waals surface area contributed by atoms with Crippen molar-refractivity contribution in [3.8, 4) is 11.5 Å². The molecule has 0 radical (unpaired) electrons. The van der Waals surface area contributed by atoms with Crippen LogP contribution >= 0.6 is 0 Å². The number of hydrogen-bond donors (Lipinski definition) is 1. The second-order valence-electron chi connectivity index (χ2n) is 10.2. The zero-order valence-electron chi connectivity index (χ0n) is 22.4. The molecule has 1 aliphatic heterocycles. The lowest BCUT2D eigenvalue weighted by Gasteiger charge is -2.33. The van der Waals surface area contributed by atoms with Gasteiger partial charge < -0.3 is 19.7 Å². The molecule has 2 aromatic rings. The fourth-order valence-corrected chi connectivity index (χ4v) is 4.91. The summed E-state index contributed by atoms with van der Waals surface area (Å²) >= 11 is 0. The van der Waals surface area contributed by atoms with Crippen LogP contribution < -0.4 is 19.1 Å². The fourth-order valence-electron chi connectivity index (χ4n) is 3.85. The maximum absolute atomic E-state index is 13.7.